The summed E-state index contributed by atoms with van der Waals surface area (Å²) in [7, 11) is 3.39. The number of nitrogens with one attached hydrogen (secondary N) is 2. The van der Waals surface area contributed by atoms with Gasteiger partial charge in [0.2, 0.25) is 0 Å². The van der Waals surface area contributed by atoms with Crippen molar-refractivity contribution in [2.24, 2.45) is 4.99 Å². The molecule has 0 aliphatic carbocycles. The Labute approximate surface area is 194 Å². The average Bonchev–Trinajstić information content (AvgIpc) is 3.20. The molecule has 9 heteroatoms. The molecular formula is C21H29FIN5O2. The highest BCUT2D eigenvalue weighted by Gasteiger charge is 2.25. The quantitative estimate of drug-likeness (QED) is 0.237. The smallest absolute Gasteiger partial charge is 0.191 e. The van der Waals surface area contributed by atoms with Crippen LogP contribution in [0.5, 0.6) is 5.75 Å². The third kappa shape index (κ3) is 6.98. The maximum atomic E-state index is 14.0. The Morgan fingerprint density at radius 2 is 2.17 bits per heavy atom. The van der Waals surface area contributed by atoms with Gasteiger partial charge in [0.1, 0.15) is 12.4 Å². The molecule has 0 saturated carbocycles. The molecule has 3 rings (SSSR count). The zero-order chi connectivity index (χ0) is 20.5. The molecular weight excluding hydrogens is 500 g/mol. The van der Waals surface area contributed by atoms with Gasteiger partial charge >= 0.3 is 0 Å². The average molecular weight is 529 g/mol. The summed E-state index contributed by atoms with van der Waals surface area (Å²) in [4.78, 5) is 10.4. The minimum atomic E-state index is -0.289. The van der Waals surface area contributed by atoms with Gasteiger partial charge in [-0.1, -0.05) is 12.1 Å². The number of rotatable bonds is 8. The summed E-state index contributed by atoms with van der Waals surface area (Å²) < 4.78 is 24.6. The number of benzene rings is 1. The second-order valence-corrected chi connectivity index (χ2v) is 6.80. The molecule has 0 spiro atoms. The van der Waals surface area contributed by atoms with Gasteiger partial charge in [0.25, 0.3) is 0 Å². The van der Waals surface area contributed by atoms with Crippen molar-refractivity contribution in [3.8, 4) is 5.75 Å². The van der Waals surface area contributed by atoms with Gasteiger partial charge in [0.05, 0.1) is 6.61 Å². The molecule has 1 aromatic carbocycles. The number of guanidine groups is 1. The number of nitrogens with zero attached hydrogens (tertiary/aromatic N) is 3. The minimum Gasteiger partial charge on any atom is -0.491 e. The van der Waals surface area contributed by atoms with E-state index in [1.165, 1.54) is 6.07 Å². The SMILES string of the molecule is CN=C(NCc1cccc(OCCOC)c1)NC1CCN(c2ncccc2F)C1.I. The van der Waals surface area contributed by atoms with Gasteiger partial charge in [-0.05, 0) is 36.2 Å². The van der Waals surface area contributed by atoms with Crippen LogP contribution < -0.4 is 20.3 Å². The summed E-state index contributed by atoms with van der Waals surface area (Å²) in [5.41, 5.74) is 1.09. The van der Waals surface area contributed by atoms with Crippen LogP contribution in [-0.4, -0.2) is 57.4 Å². The van der Waals surface area contributed by atoms with Gasteiger partial charge in [-0.15, -0.1) is 24.0 Å². The van der Waals surface area contributed by atoms with Crippen LogP contribution in [0, 0.1) is 5.82 Å². The summed E-state index contributed by atoms with van der Waals surface area (Å²) in [5, 5.41) is 6.73. The predicted octanol–water partition coefficient (Wildman–Crippen LogP) is 2.81. The molecule has 164 valence electrons. The lowest BCUT2D eigenvalue weighted by Gasteiger charge is -2.20. The highest BCUT2D eigenvalue weighted by Crippen LogP contribution is 2.20. The van der Waals surface area contributed by atoms with Crippen LogP contribution in [0.4, 0.5) is 10.2 Å². The third-order valence-corrected chi connectivity index (χ3v) is 4.71. The monoisotopic (exact) mass is 529 g/mol. The number of pyridine rings is 1. The molecule has 2 heterocycles. The molecule has 2 aromatic rings. The van der Waals surface area contributed by atoms with Crippen molar-refractivity contribution in [1.82, 2.24) is 15.6 Å². The van der Waals surface area contributed by atoms with E-state index in [0.717, 1.165) is 24.3 Å². The molecule has 1 aromatic heterocycles. The number of anilines is 1. The lowest BCUT2D eigenvalue weighted by molar-refractivity contribution is 0.146. The van der Waals surface area contributed by atoms with Crippen LogP contribution in [0.3, 0.4) is 0 Å². The Kier molecular flexibility index (Phi) is 10.1. The zero-order valence-corrected chi connectivity index (χ0v) is 19.6. The largest absolute Gasteiger partial charge is 0.491 e. The summed E-state index contributed by atoms with van der Waals surface area (Å²) >= 11 is 0. The van der Waals surface area contributed by atoms with Crippen LogP contribution in [0.25, 0.3) is 0 Å². The van der Waals surface area contributed by atoms with E-state index in [4.69, 9.17) is 9.47 Å². The molecule has 1 aliphatic rings. The van der Waals surface area contributed by atoms with E-state index in [9.17, 15) is 4.39 Å². The summed E-state index contributed by atoms with van der Waals surface area (Å²) in [6, 6.07) is 11.1. The van der Waals surface area contributed by atoms with E-state index in [1.807, 2.05) is 29.2 Å². The molecule has 0 bridgehead atoms. The van der Waals surface area contributed by atoms with Gasteiger partial charge in [0.15, 0.2) is 17.6 Å². The van der Waals surface area contributed by atoms with Gasteiger partial charge in [-0.3, -0.25) is 4.99 Å². The molecule has 30 heavy (non-hydrogen) atoms. The molecule has 1 unspecified atom stereocenters. The third-order valence-electron chi connectivity index (χ3n) is 4.71. The molecule has 0 amide bonds. The van der Waals surface area contributed by atoms with Crippen molar-refractivity contribution in [2.75, 3.05) is 45.4 Å². The number of halogens is 2. The Bertz CT molecular complexity index is 823. The fourth-order valence-electron chi connectivity index (χ4n) is 3.24. The minimum absolute atomic E-state index is 0. The summed E-state index contributed by atoms with van der Waals surface area (Å²) in [6.07, 6.45) is 2.51. The van der Waals surface area contributed by atoms with Crippen molar-refractivity contribution in [3.05, 3.63) is 54.0 Å². The zero-order valence-electron chi connectivity index (χ0n) is 17.3. The highest BCUT2D eigenvalue weighted by atomic mass is 127. The van der Waals surface area contributed by atoms with E-state index < -0.39 is 0 Å². The van der Waals surface area contributed by atoms with Crippen LogP contribution in [0.2, 0.25) is 0 Å². The normalized spacial score (nSPS) is 16.2. The van der Waals surface area contributed by atoms with Gasteiger partial charge in [-0.25, -0.2) is 9.37 Å². The molecule has 1 fully saturated rings. The number of ether oxygens (including phenoxy) is 2. The van der Waals surface area contributed by atoms with Gasteiger partial charge < -0.3 is 25.0 Å². The van der Waals surface area contributed by atoms with Gasteiger partial charge in [-0.2, -0.15) is 0 Å². The van der Waals surface area contributed by atoms with Crippen LogP contribution in [0.1, 0.15) is 12.0 Å². The summed E-state index contributed by atoms with van der Waals surface area (Å²) in [5.74, 6) is 1.64. The fraction of sp³-hybridized carbons (Fsp3) is 0.429. The second kappa shape index (κ2) is 12.5. The molecule has 7 nitrogen and oxygen atoms in total. The fourth-order valence-corrected chi connectivity index (χ4v) is 3.24. The number of methoxy groups -OCH3 is 1. The van der Waals surface area contributed by atoms with Crippen LogP contribution >= 0.6 is 24.0 Å². The Hall–Kier alpha value is -2.14. The Morgan fingerprint density at radius 3 is 2.93 bits per heavy atom. The maximum absolute atomic E-state index is 14.0. The van der Waals surface area contributed by atoms with Crippen molar-refractivity contribution in [3.63, 3.8) is 0 Å². The standard InChI is InChI=1S/C21H28FN5O2.HI/c1-23-21(25-14-16-5-3-6-18(13-16)29-12-11-28-2)26-17-8-10-27(15-17)20-19(22)7-4-9-24-20;/h3-7,9,13,17H,8,10-12,14-15H2,1-2H3,(H2,23,25,26);1H. The number of aliphatic imine (C=N–C) groups is 1. The number of aromatic nitrogens is 1. The number of hydrogen-bond acceptors (Lipinski definition) is 5. The lowest BCUT2D eigenvalue weighted by atomic mass is 10.2. The lowest BCUT2D eigenvalue weighted by Crippen LogP contribution is -2.44. The first-order valence-electron chi connectivity index (χ1n) is 9.73. The molecule has 0 radical (unpaired) electrons. The van der Waals surface area contributed by atoms with E-state index in [2.05, 4.69) is 20.6 Å². The molecule has 1 atom stereocenters. The highest BCUT2D eigenvalue weighted by molar-refractivity contribution is 14.0. The molecule has 1 saturated heterocycles. The van der Waals surface area contributed by atoms with Crippen LogP contribution in [-0.2, 0) is 11.3 Å². The topological polar surface area (TPSA) is 71.0 Å². The molecule has 1 aliphatic heterocycles. The van der Waals surface area contributed by atoms with E-state index in [1.54, 1.807) is 26.4 Å². The van der Waals surface area contributed by atoms with Crippen molar-refractivity contribution < 1.29 is 13.9 Å². The number of hydrogen-bond donors (Lipinski definition) is 2. The summed E-state index contributed by atoms with van der Waals surface area (Å²) in [6.45, 7) is 3.12. The van der Waals surface area contributed by atoms with E-state index in [-0.39, 0.29) is 35.8 Å². The first-order chi connectivity index (χ1) is 14.2. The predicted molar refractivity (Wildman–Crippen MR) is 127 cm³/mol. The van der Waals surface area contributed by atoms with Gasteiger partial charge in [0, 0.05) is 46.0 Å². The van der Waals surface area contributed by atoms with Crippen molar-refractivity contribution >= 4 is 35.8 Å². The first kappa shape index (κ1) is 24.1. The van der Waals surface area contributed by atoms with Crippen LogP contribution in [0.15, 0.2) is 47.6 Å². The maximum Gasteiger partial charge on any atom is 0.191 e. The van der Waals surface area contributed by atoms with Crippen molar-refractivity contribution in [2.45, 2.75) is 19.0 Å². The van der Waals surface area contributed by atoms with Crippen molar-refractivity contribution in [1.29, 1.82) is 0 Å². The Morgan fingerprint density at radius 1 is 1.30 bits per heavy atom. The Balaban J connectivity index is 0.00000320. The van der Waals surface area contributed by atoms with E-state index >= 15 is 0 Å². The molecule has 2 N–H and O–H groups in total. The first-order valence-corrected chi connectivity index (χ1v) is 9.73. The second-order valence-electron chi connectivity index (χ2n) is 6.80. The van der Waals surface area contributed by atoms with E-state index in [0.29, 0.717) is 38.1 Å².